The number of rotatable bonds is 11. The fourth-order valence-corrected chi connectivity index (χ4v) is 7.17. The lowest BCUT2D eigenvalue weighted by atomic mass is 9.70. The lowest BCUT2D eigenvalue weighted by Gasteiger charge is -2.43. The first-order chi connectivity index (χ1) is 19.9. The predicted molar refractivity (Wildman–Crippen MR) is 181 cm³/mol. The molecule has 1 amide bonds. The van der Waals surface area contributed by atoms with Crippen molar-refractivity contribution in [2.45, 2.75) is 56.0 Å². The zero-order chi connectivity index (χ0) is 28.7. The van der Waals surface area contributed by atoms with Gasteiger partial charge in [-0.2, -0.15) is 0 Å². The van der Waals surface area contributed by atoms with Gasteiger partial charge in [0, 0.05) is 36.5 Å². The smallest absolute Gasteiger partial charge is 0.217 e. The van der Waals surface area contributed by atoms with E-state index in [4.69, 9.17) is 17.3 Å². The number of hydrogen-bond donors (Lipinski definition) is 2. The quantitative estimate of drug-likeness (QED) is 0.240. The molecule has 2 fully saturated rings. The minimum Gasteiger partial charge on any atom is -0.385 e. The molecule has 234 valence electrons. The van der Waals surface area contributed by atoms with Crippen LogP contribution in [-0.4, -0.2) is 60.1 Å². The third-order valence-electron chi connectivity index (χ3n) is 9.49. The summed E-state index contributed by atoms with van der Waals surface area (Å²) in [6.07, 6.45) is 6.12. The van der Waals surface area contributed by atoms with Crippen molar-refractivity contribution in [3.8, 4) is 0 Å². The van der Waals surface area contributed by atoms with Crippen molar-refractivity contribution in [3.63, 3.8) is 0 Å². The summed E-state index contributed by atoms with van der Waals surface area (Å²) in [5.41, 5.74) is 8.29. The predicted octanol–water partition coefficient (Wildman–Crippen LogP) is 6.82. The van der Waals surface area contributed by atoms with Crippen LogP contribution in [0.2, 0.25) is 5.02 Å². The Morgan fingerprint density at radius 3 is 1.88 bits per heavy atom. The first-order valence-electron chi connectivity index (χ1n) is 15.2. The van der Waals surface area contributed by atoms with Crippen molar-refractivity contribution in [3.05, 3.63) is 107 Å². The molecule has 0 aromatic heterocycles. The highest BCUT2D eigenvalue weighted by molar-refractivity contribution is 6.30. The zero-order valence-electron chi connectivity index (χ0n) is 24.9. The van der Waals surface area contributed by atoms with Crippen LogP contribution < -0.4 is 5.73 Å². The van der Waals surface area contributed by atoms with Crippen molar-refractivity contribution in [1.82, 2.24) is 9.80 Å². The Kier molecular flexibility index (Phi) is 13.4. The Morgan fingerprint density at radius 2 is 1.37 bits per heavy atom. The van der Waals surface area contributed by atoms with Gasteiger partial charge in [0.05, 0.1) is 5.60 Å². The monoisotopic (exact) mass is 645 g/mol. The van der Waals surface area contributed by atoms with Crippen LogP contribution in [0.1, 0.15) is 61.6 Å². The molecule has 0 atom stereocenters. The average Bonchev–Trinajstić information content (AvgIpc) is 2.99. The molecule has 2 saturated heterocycles. The van der Waals surface area contributed by atoms with Crippen LogP contribution in [0.15, 0.2) is 84.9 Å². The Labute approximate surface area is 274 Å². The molecule has 2 heterocycles. The van der Waals surface area contributed by atoms with Crippen LogP contribution in [-0.2, 0) is 15.8 Å². The molecule has 3 N–H and O–H groups in total. The highest BCUT2D eigenvalue weighted by Crippen LogP contribution is 2.40. The molecule has 0 unspecified atom stereocenters. The van der Waals surface area contributed by atoms with Crippen molar-refractivity contribution in [2.75, 3.05) is 39.3 Å². The summed E-state index contributed by atoms with van der Waals surface area (Å²) in [4.78, 5) is 16.6. The second-order valence-corrected chi connectivity index (χ2v) is 12.6. The minimum absolute atomic E-state index is 0. The molecule has 5 nitrogen and oxygen atoms in total. The molecular formula is C35H46Cl3N3O2. The van der Waals surface area contributed by atoms with Crippen LogP contribution in [0.25, 0.3) is 0 Å². The lowest BCUT2D eigenvalue weighted by molar-refractivity contribution is -0.119. The molecule has 0 spiro atoms. The molecule has 2 aliphatic rings. The summed E-state index contributed by atoms with van der Waals surface area (Å²) in [5.74, 6) is 0.216. The minimum atomic E-state index is -0.778. The molecule has 5 rings (SSSR count). The number of nitrogens with zero attached hydrogens (tertiary/aromatic N) is 2. The molecular weight excluding hydrogens is 601 g/mol. The summed E-state index contributed by atoms with van der Waals surface area (Å²) in [7, 11) is 0. The van der Waals surface area contributed by atoms with Gasteiger partial charge in [0.2, 0.25) is 5.91 Å². The average molecular weight is 647 g/mol. The van der Waals surface area contributed by atoms with Crippen LogP contribution in [0.3, 0.4) is 0 Å². The molecule has 43 heavy (non-hydrogen) atoms. The Balaban J connectivity index is 0.00000253. The molecule has 0 saturated carbocycles. The number of halogens is 3. The van der Waals surface area contributed by atoms with Crippen LogP contribution in [0.4, 0.5) is 0 Å². The lowest BCUT2D eigenvalue weighted by Crippen LogP contribution is -2.46. The summed E-state index contributed by atoms with van der Waals surface area (Å²) in [5, 5.41) is 12.1. The summed E-state index contributed by atoms with van der Waals surface area (Å²) in [6.45, 7) is 5.73. The molecule has 0 bridgehead atoms. The number of carbonyl (C=O) groups excluding carboxylic acids is 1. The number of amides is 1. The number of likely N-dealkylation sites (tertiary alicyclic amines) is 2. The van der Waals surface area contributed by atoms with Crippen LogP contribution in [0.5, 0.6) is 0 Å². The maximum atomic E-state index is 11.5. The summed E-state index contributed by atoms with van der Waals surface area (Å²) in [6, 6.07) is 29.7. The van der Waals surface area contributed by atoms with Crippen LogP contribution in [0, 0.1) is 5.92 Å². The molecule has 8 heteroatoms. The highest BCUT2D eigenvalue weighted by Gasteiger charge is 2.38. The summed E-state index contributed by atoms with van der Waals surface area (Å²) < 4.78 is 0. The van der Waals surface area contributed by atoms with E-state index in [2.05, 4.69) is 70.5 Å². The third kappa shape index (κ3) is 8.97. The van der Waals surface area contributed by atoms with Crippen LogP contribution >= 0.6 is 36.4 Å². The number of hydrogen-bond acceptors (Lipinski definition) is 4. The number of nitrogens with two attached hydrogens (primary N) is 1. The maximum absolute atomic E-state index is 11.5. The van der Waals surface area contributed by atoms with Crippen molar-refractivity contribution in [2.24, 2.45) is 11.7 Å². The first-order valence-corrected chi connectivity index (χ1v) is 15.6. The highest BCUT2D eigenvalue weighted by atomic mass is 35.5. The van der Waals surface area contributed by atoms with E-state index in [1.807, 2.05) is 24.3 Å². The van der Waals surface area contributed by atoms with Gasteiger partial charge in [-0.15, -0.1) is 24.8 Å². The van der Waals surface area contributed by atoms with E-state index in [1.54, 1.807) is 0 Å². The standard InChI is InChI=1S/C35H44ClN3O2.2ClH/c36-32-14-12-31(13-15-32)35(41)19-24-38(25-20-35)21-7-18-34(29-8-3-1-4-9-29,30-10-5-2-6-11-30)27-39-22-16-28(17-23-39)26-33(37)40;;/h1-6,8-15,28,41H,7,16-27H2,(H2,37,40);2*1H. The van der Waals surface area contributed by atoms with Gasteiger partial charge in [-0.25, -0.2) is 0 Å². The van der Waals surface area contributed by atoms with Gasteiger partial charge in [-0.3, -0.25) is 4.79 Å². The van der Waals surface area contributed by atoms with Crippen molar-refractivity contribution < 1.29 is 9.90 Å². The molecule has 3 aromatic rings. The Morgan fingerprint density at radius 1 is 0.837 bits per heavy atom. The molecule has 0 radical (unpaired) electrons. The number of carbonyl (C=O) groups is 1. The largest absolute Gasteiger partial charge is 0.385 e. The van der Waals surface area contributed by atoms with Gasteiger partial charge >= 0.3 is 0 Å². The van der Waals surface area contributed by atoms with Gasteiger partial charge in [0.25, 0.3) is 0 Å². The number of piperidine rings is 2. The van der Waals surface area contributed by atoms with Gasteiger partial charge in [-0.05, 0) is 92.9 Å². The van der Waals surface area contributed by atoms with Gasteiger partial charge in [-0.1, -0.05) is 84.4 Å². The van der Waals surface area contributed by atoms with E-state index in [1.165, 1.54) is 11.1 Å². The Bertz CT molecular complexity index is 1200. The first kappa shape index (κ1) is 35.4. The normalized spacial score (nSPS) is 17.9. The molecule has 2 aliphatic heterocycles. The summed E-state index contributed by atoms with van der Waals surface area (Å²) >= 11 is 6.08. The SMILES string of the molecule is Cl.Cl.NC(=O)CC1CCN(CC(CCCN2CCC(O)(c3ccc(Cl)cc3)CC2)(c2ccccc2)c2ccccc2)CC1. The van der Waals surface area contributed by atoms with E-state index in [0.717, 1.165) is 83.4 Å². The van der Waals surface area contributed by atoms with E-state index < -0.39 is 5.60 Å². The van der Waals surface area contributed by atoms with Gasteiger partial charge in [0.15, 0.2) is 0 Å². The van der Waals surface area contributed by atoms with Gasteiger partial charge < -0.3 is 20.6 Å². The zero-order valence-corrected chi connectivity index (χ0v) is 27.3. The third-order valence-corrected chi connectivity index (χ3v) is 9.74. The fraction of sp³-hybridized carbons (Fsp3) is 0.457. The van der Waals surface area contributed by atoms with Crippen molar-refractivity contribution in [1.29, 1.82) is 0 Å². The topological polar surface area (TPSA) is 69.8 Å². The Hall–Kier alpha value is -2.12. The van der Waals surface area contributed by atoms with E-state index >= 15 is 0 Å². The van der Waals surface area contributed by atoms with E-state index in [-0.39, 0.29) is 36.1 Å². The van der Waals surface area contributed by atoms with Gasteiger partial charge in [0.1, 0.15) is 0 Å². The molecule has 3 aromatic carbocycles. The van der Waals surface area contributed by atoms with E-state index in [0.29, 0.717) is 17.4 Å². The second kappa shape index (κ2) is 16.3. The second-order valence-electron chi connectivity index (χ2n) is 12.2. The van der Waals surface area contributed by atoms with Crippen molar-refractivity contribution >= 4 is 42.3 Å². The number of primary amides is 1. The fourth-order valence-electron chi connectivity index (χ4n) is 7.05. The number of benzene rings is 3. The van der Waals surface area contributed by atoms with E-state index in [9.17, 15) is 9.90 Å². The maximum Gasteiger partial charge on any atom is 0.217 e. The number of aliphatic hydroxyl groups is 1. The molecule has 0 aliphatic carbocycles.